The fourth-order valence-electron chi connectivity index (χ4n) is 2.13. The Morgan fingerprint density at radius 3 is 2.56 bits per heavy atom. The summed E-state index contributed by atoms with van der Waals surface area (Å²) in [7, 11) is 1.69. The number of rotatable bonds is 2. The van der Waals surface area contributed by atoms with E-state index in [1.807, 2.05) is 18.2 Å². The minimum Gasteiger partial charge on any atom is -0.496 e. The predicted octanol–water partition coefficient (Wildman–Crippen LogP) is 1.45. The summed E-state index contributed by atoms with van der Waals surface area (Å²) in [4.78, 5) is 0. The number of nitrogens with two attached hydrogens (primary N) is 1. The molecule has 0 saturated carbocycles. The molecule has 3 unspecified atom stereocenters. The van der Waals surface area contributed by atoms with Gasteiger partial charge in [0.1, 0.15) is 5.75 Å². The van der Waals surface area contributed by atoms with E-state index in [0.29, 0.717) is 12.0 Å². The minimum absolute atomic E-state index is 0.244. The molecule has 0 radical (unpaired) electrons. The van der Waals surface area contributed by atoms with Crippen molar-refractivity contribution >= 4 is 5.69 Å². The molecule has 1 fully saturated rings. The van der Waals surface area contributed by atoms with Crippen LogP contribution < -0.4 is 21.3 Å². The average molecular weight is 221 g/mol. The first-order valence-corrected chi connectivity index (χ1v) is 5.58. The number of hydrogen-bond donors (Lipinski definition) is 3. The van der Waals surface area contributed by atoms with Gasteiger partial charge in [-0.3, -0.25) is 5.43 Å². The summed E-state index contributed by atoms with van der Waals surface area (Å²) in [5, 5.41) is 0. The van der Waals surface area contributed by atoms with Crippen LogP contribution in [-0.2, 0) is 0 Å². The van der Waals surface area contributed by atoms with Crippen LogP contribution in [0.5, 0.6) is 5.75 Å². The number of methoxy groups -OCH3 is 1. The van der Waals surface area contributed by atoms with Gasteiger partial charge < -0.3 is 10.5 Å². The molecule has 4 N–H and O–H groups in total. The number of hydrazine groups is 1. The lowest BCUT2D eigenvalue weighted by atomic mass is 9.91. The van der Waals surface area contributed by atoms with E-state index in [-0.39, 0.29) is 6.04 Å². The molecule has 1 heterocycles. The molecule has 0 aromatic heterocycles. The van der Waals surface area contributed by atoms with Crippen LogP contribution in [0.25, 0.3) is 0 Å². The van der Waals surface area contributed by atoms with Crippen LogP contribution in [0.3, 0.4) is 0 Å². The van der Waals surface area contributed by atoms with Gasteiger partial charge in [0, 0.05) is 17.3 Å². The van der Waals surface area contributed by atoms with Gasteiger partial charge in [0.15, 0.2) is 0 Å². The summed E-state index contributed by atoms with van der Waals surface area (Å²) in [5.41, 5.74) is 14.2. The summed E-state index contributed by atoms with van der Waals surface area (Å²) in [6.07, 6.45) is 0. The quantitative estimate of drug-likeness (QED) is 0.662. The van der Waals surface area contributed by atoms with E-state index in [4.69, 9.17) is 10.5 Å². The molecule has 0 amide bonds. The van der Waals surface area contributed by atoms with Crippen molar-refractivity contribution in [2.24, 2.45) is 5.92 Å². The molecule has 1 aromatic rings. The topological polar surface area (TPSA) is 59.3 Å². The van der Waals surface area contributed by atoms with Gasteiger partial charge in [0.25, 0.3) is 0 Å². The fraction of sp³-hybridized carbons (Fsp3) is 0.500. The van der Waals surface area contributed by atoms with Gasteiger partial charge in [-0.1, -0.05) is 6.92 Å². The Labute approximate surface area is 96.1 Å². The molecular formula is C12H19N3O. The van der Waals surface area contributed by atoms with Gasteiger partial charge in [0.05, 0.1) is 13.2 Å². The van der Waals surface area contributed by atoms with Crippen molar-refractivity contribution in [3.8, 4) is 5.75 Å². The van der Waals surface area contributed by atoms with Gasteiger partial charge in [-0.25, -0.2) is 5.43 Å². The highest BCUT2D eigenvalue weighted by atomic mass is 16.5. The summed E-state index contributed by atoms with van der Waals surface area (Å²) in [5.74, 6) is 1.38. The smallest absolute Gasteiger partial charge is 0.123 e. The molecule has 1 aliphatic rings. The first kappa shape index (κ1) is 11.2. The first-order valence-electron chi connectivity index (χ1n) is 5.58. The third kappa shape index (κ3) is 1.86. The van der Waals surface area contributed by atoms with Crippen LogP contribution in [0.15, 0.2) is 18.2 Å². The monoisotopic (exact) mass is 221 g/mol. The largest absolute Gasteiger partial charge is 0.496 e. The maximum Gasteiger partial charge on any atom is 0.123 e. The lowest BCUT2D eigenvalue weighted by Gasteiger charge is -2.19. The standard InChI is InChI=1S/C12H19N3O/c1-7-8(2)14-15-12(7)10-6-9(13)4-5-11(10)16-3/h4-8,12,14-15H,13H2,1-3H3. The van der Waals surface area contributed by atoms with Gasteiger partial charge >= 0.3 is 0 Å². The Morgan fingerprint density at radius 1 is 1.25 bits per heavy atom. The van der Waals surface area contributed by atoms with E-state index >= 15 is 0 Å². The van der Waals surface area contributed by atoms with Crippen LogP contribution >= 0.6 is 0 Å². The molecule has 88 valence electrons. The molecule has 1 saturated heterocycles. The molecule has 1 aliphatic heterocycles. The van der Waals surface area contributed by atoms with E-state index in [2.05, 4.69) is 24.7 Å². The number of nitrogens with one attached hydrogen (secondary N) is 2. The molecule has 0 bridgehead atoms. The molecule has 0 aliphatic carbocycles. The van der Waals surface area contributed by atoms with Crippen molar-refractivity contribution < 1.29 is 4.74 Å². The van der Waals surface area contributed by atoms with Gasteiger partial charge in [-0.15, -0.1) is 0 Å². The summed E-state index contributed by atoms with van der Waals surface area (Å²) in [6.45, 7) is 4.38. The van der Waals surface area contributed by atoms with Crippen molar-refractivity contribution in [3.05, 3.63) is 23.8 Å². The third-order valence-corrected chi connectivity index (χ3v) is 3.37. The highest BCUT2D eigenvalue weighted by Crippen LogP contribution is 2.35. The Morgan fingerprint density at radius 2 is 2.00 bits per heavy atom. The Balaban J connectivity index is 2.35. The van der Waals surface area contributed by atoms with E-state index in [9.17, 15) is 0 Å². The van der Waals surface area contributed by atoms with Crippen molar-refractivity contribution in [1.82, 2.24) is 10.9 Å². The second-order valence-corrected chi connectivity index (χ2v) is 4.42. The summed E-state index contributed by atoms with van der Waals surface area (Å²) in [6, 6.07) is 6.44. The zero-order valence-corrected chi connectivity index (χ0v) is 9.95. The molecule has 4 heteroatoms. The zero-order chi connectivity index (χ0) is 11.7. The van der Waals surface area contributed by atoms with Gasteiger partial charge in [0.2, 0.25) is 0 Å². The van der Waals surface area contributed by atoms with Crippen molar-refractivity contribution in [1.29, 1.82) is 0 Å². The molecule has 0 spiro atoms. The molecule has 3 atom stereocenters. The number of nitrogen functional groups attached to an aromatic ring is 1. The number of benzene rings is 1. The normalized spacial score (nSPS) is 29.3. The maximum absolute atomic E-state index is 5.83. The Hall–Kier alpha value is -1.26. The SMILES string of the molecule is COc1ccc(N)cc1C1NNC(C)C1C. The van der Waals surface area contributed by atoms with Crippen LogP contribution in [0.4, 0.5) is 5.69 Å². The number of ether oxygens (including phenoxy) is 1. The summed E-state index contributed by atoms with van der Waals surface area (Å²) < 4.78 is 5.37. The van der Waals surface area contributed by atoms with Crippen LogP contribution in [0.2, 0.25) is 0 Å². The maximum atomic E-state index is 5.83. The average Bonchev–Trinajstić information content (AvgIpc) is 2.60. The molecule has 1 aromatic carbocycles. The molecule has 16 heavy (non-hydrogen) atoms. The highest BCUT2D eigenvalue weighted by Gasteiger charge is 2.32. The highest BCUT2D eigenvalue weighted by molar-refractivity contribution is 5.49. The van der Waals surface area contributed by atoms with Crippen molar-refractivity contribution in [2.75, 3.05) is 12.8 Å². The van der Waals surface area contributed by atoms with Crippen LogP contribution in [0.1, 0.15) is 25.5 Å². The van der Waals surface area contributed by atoms with E-state index < -0.39 is 0 Å². The van der Waals surface area contributed by atoms with E-state index in [0.717, 1.165) is 17.0 Å². The van der Waals surface area contributed by atoms with Crippen LogP contribution in [-0.4, -0.2) is 13.2 Å². The second kappa shape index (κ2) is 4.31. The first-order chi connectivity index (χ1) is 7.63. The molecule has 2 rings (SSSR count). The zero-order valence-electron chi connectivity index (χ0n) is 9.95. The lowest BCUT2D eigenvalue weighted by Crippen LogP contribution is -2.29. The molecular weight excluding hydrogens is 202 g/mol. The van der Waals surface area contributed by atoms with E-state index in [1.165, 1.54) is 0 Å². The van der Waals surface area contributed by atoms with Crippen molar-refractivity contribution in [2.45, 2.75) is 25.9 Å². The number of anilines is 1. The Kier molecular flexibility index (Phi) is 3.03. The lowest BCUT2D eigenvalue weighted by molar-refractivity contribution is 0.391. The number of hydrogen-bond acceptors (Lipinski definition) is 4. The van der Waals surface area contributed by atoms with Gasteiger partial charge in [-0.2, -0.15) is 0 Å². The Bertz CT molecular complexity index is 381. The third-order valence-electron chi connectivity index (χ3n) is 3.37. The van der Waals surface area contributed by atoms with E-state index in [1.54, 1.807) is 7.11 Å². The molecule has 4 nitrogen and oxygen atoms in total. The predicted molar refractivity (Wildman–Crippen MR) is 65.0 cm³/mol. The van der Waals surface area contributed by atoms with Crippen LogP contribution in [0, 0.1) is 5.92 Å². The fourth-order valence-corrected chi connectivity index (χ4v) is 2.13. The minimum atomic E-state index is 0.244. The summed E-state index contributed by atoms with van der Waals surface area (Å²) >= 11 is 0. The second-order valence-electron chi connectivity index (χ2n) is 4.42. The van der Waals surface area contributed by atoms with Gasteiger partial charge in [-0.05, 0) is 31.0 Å². The van der Waals surface area contributed by atoms with Crippen molar-refractivity contribution in [3.63, 3.8) is 0 Å².